The second-order valence-electron chi connectivity index (χ2n) is 7.43. The van der Waals surface area contributed by atoms with Crippen LogP contribution in [-0.2, 0) is 29.9 Å². The van der Waals surface area contributed by atoms with Gasteiger partial charge in [-0.3, -0.25) is 9.80 Å². The summed E-state index contributed by atoms with van der Waals surface area (Å²) in [6.45, 7) is 7.85. The summed E-state index contributed by atoms with van der Waals surface area (Å²) in [6, 6.07) is 0. The Morgan fingerprint density at radius 2 is 0.862 bits per heavy atom. The lowest BCUT2D eigenvalue weighted by Crippen LogP contribution is -2.50. The van der Waals surface area contributed by atoms with Crippen LogP contribution in [0.25, 0.3) is 0 Å². The van der Waals surface area contributed by atoms with Gasteiger partial charge in [-0.25, -0.2) is 25.3 Å². The van der Waals surface area contributed by atoms with E-state index in [-0.39, 0.29) is 23.0 Å². The van der Waals surface area contributed by atoms with Gasteiger partial charge < -0.3 is 0 Å². The fourth-order valence-electron chi connectivity index (χ4n) is 3.47. The van der Waals surface area contributed by atoms with E-state index in [0.29, 0.717) is 65.4 Å². The number of rotatable bonds is 10. The zero-order valence-corrected chi connectivity index (χ0v) is 19.8. The van der Waals surface area contributed by atoms with Gasteiger partial charge in [-0.1, -0.05) is 0 Å². The van der Waals surface area contributed by atoms with E-state index in [2.05, 4.69) is 0 Å². The van der Waals surface area contributed by atoms with Crippen LogP contribution in [0.15, 0.2) is 0 Å². The largest absolute Gasteiger partial charge is 0.300 e. The predicted molar refractivity (Wildman–Crippen MR) is 114 cm³/mol. The molecule has 0 aromatic rings. The van der Waals surface area contributed by atoms with Crippen LogP contribution in [0.5, 0.6) is 0 Å². The summed E-state index contributed by atoms with van der Waals surface area (Å²) in [7, 11) is -9.59. The number of piperazine rings is 2. The van der Waals surface area contributed by atoms with E-state index in [9.17, 15) is 25.3 Å². The van der Waals surface area contributed by atoms with Crippen molar-refractivity contribution in [1.82, 2.24) is 18.4 Å². The van der Waals surface area contributed by atoms with Gasteiger partial charge >= 0.3 is 0 Å². The number of sulfone groups is 1. The van der Waals surface area contributed by atoms with Gasteiger partial charge in [0.2, 0.25) is 20.0 Å². The molecule has 0 aromatic carbocycles. The first-order valence-electron chi connectivity index (χ1n) is 10.1. The van der Waals surface area contributed by atoms with Crippen molar-refractivity contribution in [2.45, 2.75) is 13.8 Å². The van der Waals surface area contributed by atoms with Crippen molar-refractivity contribution >= 4 is 29.9 Å². The van der Waals surface area contributed by atoms with E-state index < -0.39 is 29.9 Å². The minimum Gasteiger partial charge on any atom is -0.300 e. The maximum atomic E-state index is 12.4. The van der Waals surface area contributed by atoms with Gasteiger partial charge in [0.25, 0.3) is 0 Å². The van der Waals surface area contributed by atoms with Crippen LogP contribution >= 0.6 is 0 Å². The van der Waals surface area contributed by atoms with Crippen LogP contribution in [0, 0.1) is 0 Å². The molecule has 0 saturated carbocycles. The summed E-state index contributed by atoms with van der Waals surface area (Å²) in [5.41, 5.74) is 0. The molecule has 0 atom stereocenters. The van der Waals surface area contributed by atoms with Crippen LogP contribution in [0.3, 0.4) is 0 Å². The first kappa shape index (κ1) is 25.0. The minimum absolute atomic E-state index is 0.0533. The number of sulfonamides is 2. The summed E-state index contributed by atoms with van der Waals surface area (Å²) in [5, 5.41) is 0. The summed E-state index contributed by atoms with van der Waals surface area (Å²) in [4.78, 5) is 3.99. The van der Waals surface area contributed by atoms with Gasteiger partial charge in [0.1, 0.15) is 0 Å². The zero-order valence-electron chi connectivity index (χ0n) is 17.4. The highest BCUT2D eigenvalue weighted by Crippen LogP contribution is 2.10. The molecule has 0 aromatic heterocycles. The molecule has 2 rings (SSSR count). The SMILES string of the molecule is CCS(=O)(=O)N1CCN(CCS(=O)(=O)CCN2CCN(S(=O)(=O)CC)CC2)CC1. The van der Waals surface area contributed by atoms with Gasteiger partial charge in [-0.2, -0.15) is 8.61 Å². The first-order chi connectivity index (χ1) is 13.5. The monoisotopic (exact) mass is 474 g/mol. The molecule has 0 spiro atoms. The second-order valence-corrected chi connectivity index (χ2v) is 14.3. The molecule has 172 valence electrons. The Labute approximate surface area is 175 Å². The average molecular weight is 475 g/mol. The Hall–Kier alpha value is -0.310. The topological polar surface area (TPSA) is 115 Å². The molecule has 0 amide bonds. The minimum atomic E-state index is -3.22. The molecule has 0 bridgehead atoms. The molecule has 0 unspecified atom stereocenters. The molecule has 0 aliphatic carbocycles. The third-order valence-electron chi connectivity index (χ3n) is 5.62. The van der Waals surface area contributed by atoms with Gasteiger partial charge in [0.05, 0.1) is 23.0 Å². The van der Waals surface area contributed by atoms with Crippen molar-refractivity contribution in [3.63, 3.8) is 0 Å². The number of nitrogens with zero attached hydrogens (tertiary/aromatic N) is 4. The van der Waals surface area contributed by atoms with E-state index in [4.69, 9.17) is 0 Å². The maximum Gasteiger partial charge on any atom is 0.213 e. The van der Waals surface area contributed by atoms with Crippen molar-refractivity contribution in [2.75, 3.05) is 88.5 Å². The molecular weight excluding hydrogens is 440 g/mol. The van der Waals surface area contributed by atoms with Gasteiger partial charge in [0, 0.05) is 65.4 Å². The Bertz CT molecular complexity index is 764. The third kappa shape index (κ3) is 7.40. The fourth-order valence-corrected chi connectivity index (χ4v) is 6.91. The molecule has 2 aliphatic rings. The summed E-state index contributed by atoms with van der Waals surface area (Å²) < 4.78 is 75.2. The Kier molecular flexibility index (Phi) is 8.89. The summed E-state index contributed by atoms with van der Waals surface area (Å²) in [5.74, 6) is 0.273. The zero-order chi connectivity index (χ0) is 21.7. The van der Waals surface area contributed by atoms with E-state index >= 15 is 0 Å². The standard InChI is InChI=1S/C16H34N4O6S3/c1-3-28(23,24)19-9-5-17(6-10-19)13-15-27(21,22)16-14-18-7-11-20(12-8-18)29(25,26)4-2/h3-16H2,1-2H3. The lowest BCUT2D eigenvalue weighted by Gasteiger charge is -2.34. The Morgan fingerprint density at radius 3 is 1.14 bits per heavy atom. The van der Waals surface area contributed by atoms with Crippen molar-refractivity contribution in [3.05, 3.63) is 0 Å². The fraction of sp³-hybridized carbons (Fsp3) is 1.00. The highest BCUT2D eigenvalue weighted by molar-refractivity contribution is 7.91. The molecule has 2 aliphatic heterocycles. The molecule has 29 heavy (non-hydrogen) atoms. The molecule has 0 N–H and O–H groups in total. The Morgan fingerprint density at radius 1 is 0.552 bits per heavy atom. The molecular formula is C16H34N4O6S3. The summed E-state index contributed by atoms with van der Waals surface area (Å²) in [6.07, 6.45) is 0. The highest BCUT2D eigenvalue weighted by Gasteiger charge is 2.28. The van der Waals surface area contributed by atoms with Crippen LogP contribution < -0.4 is 0 Å². The highest BCUT2D eigenvalue weighted by atomic mass is 32.2. The normalized spacial score (nSPS) is 22.1. The van der Waals surface area contributed by atoms with E-state index in [1.54, 1.807) is 13.8 Å². The smallest absolute Gasteiger partial charge is 0.213 e. The molecule has 2 fully saturated rings. The Balaban J connectivity index is 1.70. The predicted octanol–water partition coefficient (Wildman–Crippen LogP) is -1.66. The molecule has 10 nitrogen and oxygen atoms in total. The number of hydrogen-bond acceptors (Lipinski definition) is 8. The molecule has 13 heteroatoms. The first-order valence-corrected chi connectivity index (χ1v) is 15.1. The van der Waals surface area contributed by atoms with Crippen LogP contribution in [-0.4, -0.2) is 132 Å². The lowest BCUT2D eigenvalue weighted by molar-refractivity contribution is 0.195. The second kappa shape index (κ2) is 10.3. The van der Waals surface area contributed by atoms with Gasteiger partial charge in [0.15, 0.2) is 9.84 Å². The molecule has 2 heterocycles. The third-order valence-corrected chi connectivity index (χ3v) is 11.0. The van der Waals surface area contributed by atoms with Gasteiger partial charge in [-0.15, -0.1) is 0 Å². The van der Waals surface area contributed by atoms with E-state index in [0.717, 1.165) is 0 Å². The molecule has 0 radical (unpaired) electrons. The lowest BCUT2D eigenvalue weighted by atomic mass is 10.4. The van der Waals surface area contributed by atoms with Crippen molar-refractivity contribution < 1.29 is 25.3 Å². The van der Waals surface area contributed by atoms with E-state index in [1.807, 2.05) is 9.80 Å². The maximum absolute atomic E-state index is 12.4. The van der Waals surface area contributed by atoms with Crippen molar-refractivity contribution in [3.8, 4) is 0 Å². The van der Waals surface area contributed by atoms with Crippen LogP contribution in [0.2, 0.25) is 0 Å². The quantitative estimate of drug-likeness (QED) is 0.369. The van der Waals surface area contributed by atoms with Crippen LogP contribution in [0.1, 0.15) is 13.8 Å². The van der Waals surface area contributed by atoms with Crippen molar-refractivity contribution in [1.29, 1.82) is 0 Å². The van der Waals surface area contributed by atoms with Crippen LogP contribution in [0.4, 0.5) is 0 Å². The average Bonchev–Trinajstić information content (AvgIpc) is 2.71. The van der Waals surface area contributed by atoms with E-state index in [1.165, 1.54) is 8.61 Å². The number of hydrogen-bond donors (Lipinski definition) is 0. The molecule has 2 saturated heterocycles. The van der Waals surface area contributed by atoms with Gasteiger partial charge in [-0.05, 0) is 13.8 Å². The van der Waals surface area contributed by atoms with Crippen molar-refractivity contribution in [2.24, 2.45) is 0 Å². The summed E-state index contributed by atoms with van der Waals surface area (Å²) >= 11 is 0.